The second-order valence-electron chi connectivity index (χ2n) is 5.02. The Bertz CT molecular complexity index is 240. The van der Waals surface area contributed by atoms with Crippen LogP contribution in [0.15, 0.2) is 11.6 Å². The summed E-state index contributed by atoms with van der Waals surface area (Å²) in [5.41, 5.74) is 1.36. The lowest BCUT2D eigenvalue weighted by Gasteiger charge is -2.11. The molecule has 3 nitrogen and oxygen atoms in total. The van der Waals surface area contributed by atoms with Crippen molar-refractivity contribution in [1.29, 1.82) is 0 Å². The third kappa shape index (κ3) is 11.3. The third-order valence-corrected chi connectivity index (χ3v) is 2.37. The Labute approximate surface area is 105 Å². The van der Waals surface area contributed by atoms with Gasteiger partial charge in [-0.1, -0.05) is 18.6 Å². The van der Waals surface area contributed by atoms with Crippen molar-refractivity contribution in [1.82, 2.24) is 0 Å². The smallest absolute Gasteiger partial charge is 0.434 e. The maximum Gasteiger partial charge on any atom is 0.508 e. The number of hydrogen-bond donors (Lipinski definition) is 0. The quantitative estimate of drug-likeness (QED) is 0.492. The van der Waals surface area contributed by atoms with Crippen molar-refractivity contribution in [2.45, 2.75) is 60.0 Å². The average molecular weight is 242 g/mol. The lowest BCUT2D eigenvalue weighted by atomic mass is 10.0. The van der Waals surface area contributed by atoms with Gasteiger partial charge >= 0.3 is 6.16 Å². The van der Waals surface area contributed by atoms with Crippen molar-refractivity contribution in [3.8, 4) is 0 Å². The van der Waals surface area contributed by atoms with Gasteiger partial charge in [0.25, 0.3) is 0 Å². The molecule has 1 unspecified atom stereocenters. The van der Waals surface area contributed by atoms with Crippen molar-refractivity contribution < 1.29 is 14.3 Å². The highest BCUT2D eigenvalue weighted by Gasteiger charge is 2.07. The van der Waals surface area contributed by atoms with Gasteiger partial charge in [0.05, 0.1) is 12.7 Å². The topological polar surface area (TPSA) is 35.5 Å². The summed E-state index contributed by atoms with van der Waals surface area (Å²) >= 11 is 0. The van der Waals surface area contributed by atoms with E-state index in [1.165, 1.54) is 5.57 Å². The lowest BCUT2D eigenvalue weighted by molar-refractivity contribution is 0.0318. The van der Waals surface area contributed by atoms with Crippen LogP contribution in [0.4, 0.5) is 4.79 Å². The normalized spacial score (nSPS) is 12.1. The van der Waals surface area contributed by atoms with Crippen molar-refractivity contribution in [2.75, 3.05) is 6.61 Å². The molecule has 0 aliphatic heterocycles. The molecule has 0 bridgehead atoms. The highest BCUT2D eigenvalue weighted by molar-refractivity contribution is 5.59. The van der Waals surface area contributed by atoms with E-state index in [1.54, 1.807) is 0 Å². The minimum Gasteiger partial charge on any atom is -0.434 e. The Kier molecular flexibility index (Phi) is 8.55. The zero-order chi connectivity index (χ0) is 13.3. The van der Waals surface area contributed by atoms with E-state index in [2.05, 4.69) is 26.8 Å². The van der Waals surface area contributed by atoms with Gasteiger partial charge in [0.15, 0.2) is 0 Å². The molecule has 0 aliphatic carbocycles. The first kappa shape index (κ1) is 16.0. The highest BCUT2D eigenvalue weighted by atomic mass is 16.7. The fraction of sp³-hybridized carbons (Fsp3) is 0.786. The van der Waals surface area contributed by atoms with E-state index in [0.717, 1.165) is 19.3 Å². The molecule has 1 atom stereocenters. The van der Waals surface area contributed by atoms with Crippen LogP contribution in [0.2, 0.25) is 0 Å². The van der Waals surface area contributed by atoms with Gasteiger partial charge in [-0.05, 0) is 52.9 Å². The summed E-state index contributed by atoms with van der Waals surface area (Å²) in [6.45, 7) is 10.5. The van der Waals surface area contributed by atoms with E-state index < -0.39 is 6.16 Å². The van der Waals surface area contributed by atoms with Gasteiger partial charge in [-0.3, -0.25) is 0 Å². The number of ether oxygens (including phenoxy) is 2. The van der Waals surface area contributed by atoms with Crippen LogP contribution in [0.5, 0.6) is 0 Å². The summed E-state index contributed by atoms with van der Waals surface area (Å²) in [7, 11) is 0. The van der Waals surface area contributed by atoms with E-state index in [0.29, 0.717) is 12.5 Å². The molecule has 0 N–H and O–H groups in total. The number of carbonyl (C=O) groups is 1. The summed E-state index contributed by atoms with van der Waals surface area (Å²) in [5.74, 6) is 0.567. The number of hydrogen-bond acceptors (Lipinski definition) is 3. The predicted molar refractivity (Wildman–Crippen MR) is 70.0 cm³/mol. The predicted octanol–water partition coefficient (Wildman–Crippen LogP) is 4.32. The van der Waals surface area contributed by atoms with E-state index >= 15 is 0 Å². The molecule has 0 rings (SSSR count). The summed E-state index contributed by atoms with van der Waals surface area (Å²) in [6.07, 6.45) is 4.69. The Balaban J connectivity index is 3.54. The Morgan fingerprint density at radius 2 is 1.82 bits per heavy atom. The zero-order valence-corrected chi connectivity index (χ0v) is 11.8. The Hall–Kier alpha value is -0.990. The zero-order valence-electron chi connectivity index (χ0n) is 11.8. The van der Waals surface area contributed by atoms with Gasteiger partial charge in [-0.2, -0.15) is 0 Å². The Morgan fingerprint density at radius 1 is 1.18 bits per heavy atom. The fourth-order valence-electron chi connectivity index (χ4n) is 1.37. The van der Waals surface area contributed by atoms with Gasteiger partial charge in [-0.25, -0.2) is 4.79 Å². The fourth-order valence-corrected chi connectivity index (χ4v) is 1.37. The first-order valence-corrected chi connectivity index (χ1v) is 6.38. The molecule has 0 aromatic carbocycles. The number of rotatable bonds is 7. The minimum absolute atomic E-state index is 0.113. The molecule has 0 saturated carbocycles. The first-order valence-electron chi connectivity index (χ1n) is 6.38. The molecule has 0 saturated heterocycles. The third-order valence-electron chi connectivity index (χ3n) is 2.37. The second kappa shape index (κ2) is 9.08. The summed E-state index contributed by atoms with van der Waals surface area (Å²) in [5, 5.41) is 0. The van der Waals surface area contributed by atoms with Gasteiger partial charge in [0, 0.05) is 0 Å². The van der Waals surface area contributed by atoms with Gasteiger partial charge in [-0.15, -0.1) is 0 Å². The van der Waals surface area contributed by atoms with Crippen LogP contribution in [-0.2, 0) is 9.47 Å². The highest BCUT2D eigenvalue weighted by Crippen LogP contribution is 2.12. The van der Waals surface area contributed by atoms with E-state index in [-0.39, 0.29) is 6.10 Å². The van der Waals surface area contributed by atoms with E-state index in [4.69, 9.17) is 9.47 Å². The molecular weight excluding hydrogens is 216 g/mol. The molecule has 3 heteroatoms. The molecule has 100 valence electrons. The van der Waals surface area contributed by atoms with Crippen molar-refractivity contribution in [2.24, 2.45) is 5.92 Å². The molecule has 17 heavy (non-hydrogen) atoms. The first-order chi connectivity index (χ1) is 7.91. The van der Waals surface area contributed by atoms with Crippen molar-refractivity contribution in [3.63, 3.8) is 0 Å². The average Bonchev–Trinajstić information content (AvgIpc) is 2.15. The molecule has 0 aromatic heterocycles. The molecule has 0 amide bonds. The monoisotopic (exact) mass is 242 g/mol. The Morgan fingerprint density at radius 3 is 2.35 bits per heavy atom. The number of allylic oxidation sites excluding steroid dienone is 2. The molecule has 0 spiro atoms. The van der Waals surface area contributed by atoms with Crippen LogP contribution >= 0.6 is 0 Å². The van der Waals surface area contributed by atoms with Gasteiger partial charge < -0.3 is 9.47 Å². The van der Waals surface area contributed by atoms with Crippen LogP contribution in [0, 0.1) is 5.92 Å². The molecule has 0 aromatic rings. The second-order valence-corrected chi connectivity index (χ2v) is 5.02. The van der Waals surface area contributed by atoms with Crippen molar-refractivity contribution in [3.05, 3.63) is 11.6 Å². The summed E-state index contributed by atoms with van der Waals surface area (Å²) in [6, 6.07) is 0. The SMILES string of the molecule is CC(C)=CCCC(C)CCOC(=O)OC(C)C. The maximum atomic E-state index is 11.1. The van der Waals surface area contributed by atoms with Gasteiger partial charge in [0.2, 0.25) is 0 Å². The largest absolute Gasteiger partial charge is 0.508 e. The van der Waals surface area contributed by atoms with Crippen LogP contribution in [0.25, 0.3) is 0 Å². The van der Waals surface area contributed by atoms with Crippen molar-refractivity contribution >= 4 is 6.16 Å². The lowest BCUT2D eigenvalue weighted by Crippen LogP contribution is -2.14. The molecule has 0 aliphatic rings. The van der Waals surface area contributed by atoms with Crippen LogP contribution in [0.3, 0.4) is 0 Å². The molecular formula is C14H26O3. The minimum atomic E-state index is -0.559. The summed E-state index contributed by atoms with van der Waals surface area (Å²) < 4.78 is 9.85. The van der Waals surface area contributed by atoms with Gasteiger partial charge in [0.1, 0.15) is 0 Å². The molecule has 0 fully saturated rings. The maximum absolute atomic E-state index is 11.1. The van der Waals surface area contributed by atoms with E-state index in [1.807, 2.05) is 13.8 Å². The molecule has 0 heterocycles. The van der Waals surface area contributed by atoms with Crippen LogP contribution in [-0.4, -0.2) is 18.9 Å². The van der Waals surface area contributed by atoms with Crippen LogP contribution in [0.1, 0.15) is 53.9 Å². The number of carbonyl (C=O) groups excluding carboxylic acids is 1. The standard InChI is InChI=1S/C14H26O3/c1-11(2)7-6-8-13(5)9-10-16-14(15)17-12(3)4/h7,12-13H,6,8-10H2,1-5H3. The van der Waals surface area contributed by atoms with Crippen LogP contribution < -0.4 is 0 Å². The summed E-state index contributed by atoms with van der Waals surface area (Å²) in [4.78, 5) is 11.1. The van der Waals surface area contributed by atoms with E-state index in [9.17, 15) is 4.79 Å². The molecule has 0 radical (unpaired) electrons.